The Morgan fingerprint density at radius 1 is 1.12 bits per heavy atom. The molecule has 0 saturated carbocycles. The van der Waals surface area contributed by atoms with Crippen molar-refractivity contribution in [3.8, 4) is 17.2 Å². The number of methoxy groups -OCH3 is 1. The van der Waals surface area contributed by atoms with Crippen LogP contribution < -0.4 is 19.5 Å². The molecule has 0 unspecified atom stereocenters. The highest BCUT2D eigenvalue weighted by atomic mass is 35.5. The van der Waals surface area contributed by atoms with Crippen molar-refractivity contribution >= 4 is 39.8 Å². The normalized spacial score (nSPS) is 12.6. The lowest BCUT2D eigenvalue weighted by atomic mass is 10.1. The van der Waals surface area contributed by atoms with E-state index in [-0.39, 0.29) is 18.6 Å². The number of nitrogens with zero attached hydrogens (tertiary/aromatic N) is 3. The molecule has 0 atom stereocenters. The van der Waals surface area contributed by atoms with Crippen molar-refractivity contribution < 1.29 is 23.5 Å². The van der Waals surface area contributed by atoms with Crippen LogP contribution in [-0.2, 0) is 17.6 Å². The molecule has 2 aromatic carbocycles. The molecule has 5 rings (SSSR count). The molecule has 0 radical (unpaired) electrons. The van der Waals surface area contributed by atoms with Gasteiger partial charge in [-0.3, -0.25) is 4.79 Å². The van der Waals surface area contributed by atoms with Crippen LogP contribution in [0.1, 0.15) is 17.0 Å². The highest BCUT2D eigenvalue weighted by molar-refractivity contribution is 6.31. The lowest BCUT2D eigenvalue weighted by Crippen LogP contribution is -2.16. The number of benzene rings is 2. The first kappa shape index (κ1) is 22.0. The van der Waals surface area contributed by atoms with Gasteiger partial charge in [0, 0.05) is 29.3 Å². The Hall–Kier alpha value is -3.85. The zero-order valence-corrected chi connectivity index (χ0v) is 19.3. The number of aromatic nitrogens is 3. The molecule has 2 aromatic heterocycles. The predicted molar refractivity (Wildman–Crippen MR) is 125 cm³/mol. The van der Waals surface area contributed by atoms with Crippen LogP contribution >= 0.6 is 11.6 Å². The monoisotopic (exact) mass is 480 g/mol. The molecule has 174 valence electrons. The first-order chi connectivity index (χ1) is 16.5. The topological polar surface area (TPSA) is 109 Å². The standard InChI is InChI=1S/C24H21ClN4O5/c1-13-7-17(34-29-13)10-16(30)8-14-3-4-15(9-18(14)25)28-24-21-19(26-12-27-24)11-20(31-2)22-23(21)33-6-5-32-22/h3-4,7,9,11-12H,5-6,8,10H2,1-2H3,(H,26,27,28). The summed E-state index contributed by atoms with van der Waals surface area (Å²) in [6.07, 6.45) is 1.81. The average molecular weight is 481 g/mol. The largest absolute Gasteiger partial charge is 0.493 e. The predicted octanol–water partition coefficient (Wildman–Crippen LogP) is 4.46. The summed E-state index contributed by atoms with van der Waals surface area (Å²) in [5.74, 6) is 2.66. The van der Waals surface area contributed by atoms with Gasteiger partial charge in [-0.15, -0.1) is 0 Å². The number of ketones is 1. The fourth-order valence-corrected chi connectivity index (χ4v) is 4.08. The summed E-state index contributed by atoms with van der Waals surface area (Å²) in [4.78, 5) is 21.2. The number of carbonyl (C=O) groups excluding carboxylic acids is 1. The molecular weight excluding hydrogens is 460 g/mol. The molecule has 1 aliphatic rings. The van der Waals surface area contributed by atoms with Gasteiger partial charge < -0.3 is 24.1 Å². The van der Waals surface area contributed by atoms with Gasteiger partial charge in [0.15, 0.2) is 11.5 Å². The lowest BCUT2D eigenvalue weighted by molar-refractivity contribution is -0.118. The summed E-state index contributed by atoms with van der Waals surface area (Å²) in [6.45, 7) is 2.65. The third-order valence-electron chi connectivity index (χ3n) is 5.35. The Morgan fingerprint density at radius 2 is 1.94 bits per heavy atom. The fourth-order valence-electron chi connectivity index (χ4n) is 3.83. The smallest absolute Gasteiger partial charge is 0.204 e. The maximum absolute atomic E-state index is 12.4. The molecule has 0 bridgehead atoms. The van der Waals surface area contributed by atoms with Crippen molar-refractivity contribution in [3.05, 3.63) is 58.7 Å². The quantitative estimate of drug-likeness (QED) is 0.410. The summed E-state index contributed by atoms with van der Waals surface area (Å²) in [5.41, 5.74) is 2.81. The number of anilines is 2. The first-order valence-corrected chi connectivity index (χ1v) is 11.0. The number of halogens is 1. The number of nitrogens with one attached hydrogen (secondary N) is 1. The van der Waals surface area contributed by atoms with E-state index < -0.39 is 0 Å². The Morgan fingerprint density at radius 3 is 2.68 bits per heavy atom. The van der Waals surface area contributed by atoms with E-state index in [0.29, 0.717) is 63.7 Å². The van der Waals surface area contributed by atoms with Crippen molar-refractivity contribution in [2.75, 3.05) is 25.6 Å². The van der Waals surface area contributed by atoms with E-state index in [4.69, 9.17) is 30.3 Å². The van der Waals surface area contributed by atoms with Gasteiger partial charge in [0.05, 0.1) is 30.1 Å². The molecule has 0 saturated heterocycles. The number of fused-ring (bicyclic) bond motifs is 3. The molecular formula is C24H21ClN4O5. The molecule has 0 spiro atoms. The fraction of sp³-hybridized carbons (Fsp3) is 0.250. The summed E-state index contributed by atoms with van der Waals surface area (Å²) >= 11 is 6.50. The van der Waals surface area contributed by atoms with Crippen LogP contribution in [-0.4, -0.2) is 41.2 Å². The molecule has 1 aliphatic heterocycles. The maximum atomic E-state index is 12.4. The lowest BCUT2D eigenvalue weighted by Gasteiger charge is -2.23. The van der Waals surface area contributed by atoms with Gasteiger partial charge in [0.1, 0.15) is 36.9 Å². The third kappa shape index (κ3) is 4.34. The number of ether oxygens (including phenoxy) is 3. The minimum absolute atomic E-state index is 0.0155. The number of Topliss-reactive ketones (excluding diaryl/α,β-unsaturated/α-hetero) is 1. The molecule has 9 nitrogen and oxygen atoms in total. The van der Waals surface area contributed by atoms with Crippen LogP contribution in [0.25, 0.3) is 10.9 Å². The van der Waals surface area contributed by atoms with Gasteiger partial charge in [0.2, 0.25) is 5.75 Å². The maximum Gasteiger partial charge on any atom is 0.204 e. The molecule has 0 aliphatic carbocycles. The second kappa shape index (κ2) is 9.18. The minimum atomic E-state index is -0.0155. The zero-order chi connectivity index (χ0) is 23.7. The highest BCUT2D eigenvalue weighted by Crippen LogP contribution is 2.46. The number of rotatable bonds is 7. The number of hydrogen-bond donors (Lipinski definition) is 1. The van der Waals surface area contributed by atoms with Gasteiger partial charge in [-0.1, -0.05) is 22.8 Å². The number of aryl methyl sites for hydroxylation is 1. The van der Waals surface area contributed by atoms with Crippen molar-refractivity contribution in [1.29, 1.82) is 0 Å². The van der Waals surface area contributed by atoms with Crippen molar-refractivity contribution in [3.63, 3.8) is 0 Å². The van der Waals surface area contributed by atoms with Crippen LogP contribution in [0.4, 0.5) is 11.5 Å². The van der Waals surface area contributed by atoms with Gasteiger partial charge >= 0.3 is 0 Å². The molecule has 1 N–H and O–H groups in total. The van der Waals surface area contributed by atoms with E-state index in [1.165, 1.54) is 6.33 Å². The molecule has 0 fully saturated rings. The van der Waals surface area contributed by atoms with Crippen molar-refractivity contribution in [1.82, 2.24) is 15.1 Å². The van der Waals surface area contributed by atoms with Crippen LogP contribution in [0.5, 0.6) is 17.2 Å². The van der Waals surface area contributed by atoms with E-state index in [9.17, 15) is 4.79 Å². The molecule has 3 heterocycles. The van der Waals surface area contributed by atoms with Gasteiger partial charge in [0.25, 0.3) is 0 Å². The van der Waals surface area contributed by atoms with Gasteiger partial charge in [-0.25, -0.2) is 9.97 Å². The molecule has 0 amide bonds. The van der Waals surface area contributed by atoms with Gasteiger partial charge in [-0.2, -0.15) is 0 Å². The second-order valence-corrected chi connectivity index (χ2v) is 8.22. The first-order valence-electron chi connectivity index (χ1n) is 10.6. The van der Waals surface area contributed by atoms with E-state index in [2.05, 4.69) is 20.4 Å². The van der Waals surface area contributed by atoms with Crippen LogP contribution in [0, 0.1) is 6.92 Å². The Bertz CT molecular complexity index is 1390. The Balaban J connectivity index is 1.40. The summed E-state index contributed by atoms with van der Waals surface area (Å²) in [5, 5.41) is 8.23. The minimum Gasteiger partial charge on any atom is -0.493 e. The van der Waals surface area contributed by atoms with E-state index >= 15 is 0 Å². The SMILES string of the molecule is COc1cc2ncnc(Nc3ccc(CC(=O)Cc4cc(C)no4)c(Cl)c3)c2c2c1OCCO2. The van der Waals surface area contributed by atoms with E-state index in [1.54, 1.807) is 25.3 Å². The number of carbonyl (C=O) groups is 1. The van der Waals surface area contributed by atoms with E-state index in [0.717, 1.165) is 11.3 Å². The third-order valence-corrected chi connectivity index (χ3v) is 5.70. The van der Waals surface area contributed by atoms with Crippen molar-refractivity contribution in [2.45, 2.75) is 19.8 Å². The Labute approximate surface area is 200 Å². The van der Waals surface area contributed by atoms with Gasteiger partial charge in [-0.05, 0) is 24.6 Å². The molecule has 4 aromatic rings. The molecule has 34 heavy (non-hydrogen) atoms. The zero-order valence-electron chi connectivity index (χ0n) is 18.6. The summed E-state index contributed by atoms with van der Waals surface area (Å²) in [7, 11) is 1.57. The van der Waals surface area contributed by atoms with Crippen LogP contribution in [0.2, 0.25) is 5.02 Å². The highest BCUT2D eigenvalue weighted by Gasteiger charge is 2.24. The second-order valence-electron chi connectivity index (χ2n) is 7.81. The molecule has 10 heteroatoms. The summed E-state index contributed by atoms with van der Waals surface area (Å²) in [6, 6.07) is 8.95. The van der Waals surface area contributed by atoms with Crippen molar-refractivity contribution in [2.24, 2.45) is 0 Å². The number of hydrogen-bond acceptors (Lipinski definition) is 9. The van der Waals surface area contributed by atoms with Crippen LogP contribution in [0.3, 0.4) is 0 Å². The summed E-state index contributed by atoms with van der Waals surface area (Å²) < 4.78 is 22.2. The van der Waals surface area contributed by atoms with E-state index in [1.807, 2.05) is 19.1 Å². The average Bonchev–Trinajstić information content (AvgIpc) is 3.24. The Kier molecular flexibility index (Phi) is 5.93. The van der Waals surface area contributed by atoms with Crippen LogP contribution in [0.15, 0.2) is 41.2 Å².